The molecule has 1 fully saturated rings. The zero-order chi connectivity index (χ0) is 17.9. The number of benzene rings is 2. The lowest BCUT2D eigenvalue weighted by atomic mass is 10.2. The minimum atomic E-state index is -0.283. The molecule has 0 radical (unpaired) electrons. The third kappa shape index (κ3) is 3.55. The second kappa shape index (κ2) is 7.41. The third-order valence-corrected chi connectivity index (χ3v) is 5.80. The van der Waals surface area contributed by atoms with Gasteiger partial charge in [-0.1, -0.05) is 42.1 Å². The number of aromatic nitrogens is 3. The number of rotatable bonds is 5. The number of hydrogen-bond donors (Lipinski definition) is 0. The molecule has 2 aromatic carbocycles. The van der Waals surface area contributed by atoms with Crippen LogP contribution in [-0.2, 0) is 11.3 Å². The summed E-state index contributed by atoms with van der Waals surface area (Å²) in [5.41, 5.74) is 1.93. The van der Waals surface area contributed by atoms with Crippen LogP contribution >= 0.6 is 11.8 Å². The van der Waals surface area contributed by atoms with Crippen LogP contribution in [-0.4, -0.2) is 25.8 Å². The number of ketones is 1. The summed E-state index contributed by atoms with van der Waals surface area (Å²) >= 11 is 1.49. The molecule has 6 heteroatoms. The summed E-state index contributed by atoms with van der Waals surface area (Å²) in [6.07, 6.45) is 2.47. The van der Waals surface area contributed by atoms with Gasteiger partial charge >= 0.3 is 0 Å². The van der Waals surface area contributed by atoms with Crippen molar-refractivity contribution in [1.29, 1.82) is 0 Å². The quantitative estimate of drug-likeness (QED) is 0.673. The zero-order valence-electron chi connectivity index (χ0n) is 14.1. The Kier molecular flexibility index (Phi) is 4.84. The Hall–Kier alpha value is -2.47. The van der Waals surface area contributed by atoms with Gasteiger partial charge in [0, 0.05) is 12.0 Å². The number of hydrogen-bond acceptors (Lipinski definition) is 4. The van der Waals surface area contributed by atoms with Gasteiger partial charge in [-0.3, -0.25) is 9.36 Å². The molecule has 0 aliphatic heterocycles. The minimum absolute atomic E-state index is 0.0465. The molecule has 0 amide bonds. The molecule has 26 heavy (non-hydrogen) atoms. The summed E-state index contributed by atoms with van der Waals surface area (Å²) in [4.78, 5) is 12.0. The van der Waals surface area contributed by atoms with Crippen LogP contribution in [0.15, 0.2) is 59.8 Å². The topological polar surface area (TPSA) is 47.8 Å². The van der Waals surface area contributed by atoms with E-state index in [1.165, 1.54) is 23.9 Å². The molecule has 0 saturated heterocycles. The van der Waals surface area contributed by atoms with Crippen LogP contribution < -0.4 is 0 Å². The van der Waals surface area contributed by atoms with E-state index in [9.17, 15) is 9.18 Å². The monoisotopic (exact) mass is 367 g/mol. The molecule has 1 aliphatic carbocycles. The highest BCUT2D eigenvalue weighted by Gasteiger charge is 2.28. The first kappa shape index (κ1) is 17.0. The fourth-order valence-electron chi connectivity index (χ4n) is 3.13. The zero-order valence-corrected chi connectivity index (χ0v) is 15.0. The maximum atomic E-state index is 13.3. The summed E-state index contributed by atoms with van der Waals surface area (Å²) in [7, 11) is 0. The molecule has 0 bridgehead atoms. The predicted octanol–water partition coefficient (Wildman–Crippen LogP) is 4.35. The Morgan fingerprint density at radius 1 is 1.08 bits per heavy atom. The maximum Gasteiger partial charge on any atom is 0.192 e. The number of thioether (sulfide) groups is 1. The van der Waals surface area contributed by atoms with E-state index in [-0.39, 0.29) is 16.9 Å². The fourth-order valence-corrected chi connectivity index (χ4v) is 4.29. The van der Waals surface area contributed by atoms with Crippen molar-refractivity contribution in [2.75, 3.05) is 0 Å². The maximum absolute atomic E-state index is 13.3. The molecule has 3 aromatic rings. The van der Waals surface area contributed by atoms with Gasteiger partial charge in [0.05, 0.1) is 11.8 Å². The first-order chi connectivity index (χ1) is 12.7. The molecule has 132 valence electrons. The van der Waals surface area contributed by atoms with Gasteiger partial charge in [0.1, 0.15) is 11.6 Å². The molecular weight excluding hydrogens is 349 g/mol. The van der Waals surface area contributed by atoms with E-state index in [1.807, 2.05) is 34.9 Å². The Bertz CT molecular complexity index is 909. The Balaban J connectivity index is 1.71. The van der Waals surface area contributed by atoms with Gasteiger partial charge in [0.25, 0.3) is 0 Å². The van der Waals surface area contributed by atoms with Gasteiger partial charge in [0.2, 0.25) is 0 Å². The van der Waals surface area contributed by atoms with Gasteiger partial charge in [-0.2, -0.15) is 0 Å². The van der Waals surface area contributed by atoms with Crippen molar-refractivity contribution in [2.24, 2.45) is 0 Å². The summed E-state index contributed by atoms with van der Waals surface area (Å²) in [6, 6.07) is 16.3. The van der Waals surface area contributed by atoms with Gasteiger partial charge in [-0.25, -0.2) is 4.39 Å². The van der Waals surface area contributed by atoms with E-state index in [0.717, 1.165) is 29.1 Å². The summed E-state index contributed by atoms with van der Waals surface area (Å²) in [6.45, 7) is 0.601. The number of nitrogens with zero attached hydrogens (tertiary/aromatic N) is 3. The lowest BCUT2D eigenvalue weighted by Gasteiger charge is -2.12. The molecule has 0 N–H and O–H groups in total. The first-order valence-corrected chi connectivity index (χ1v) is 9.51. The molecule has 0 unspecified atom stereocenters. The second-order valence-corrected chi connectivity index (χ2v) is 7.52. The second-order valence-electron chi connectivity index (χ2n) is 6.35. The Labute approximate surface area is 155 Å². The van der Waals surface area contributed by atoms with Crippen molar-refractivity contribution in [3.8, 4) is 11.4 Å². The van der Waals surface area contributed by atoms with Gasteiger partial charge in [0.15, 0.2) is 11.0 Å². The molecule has 1 aromatic heterocycles. The van der Waals surface area contributed by atoms with E-state index in [4.69, 9.17) is 0 Å². The van der Waals surface area contributed by atoms with E-state index in [1.54, 1.807) is 12.1 Å². The molecule has 4 nitrogen and oxygen atoms in total. The van der Waals surface area contributed by atoms with Gasteiger partial charge < -0.3 is 0 Å². The van der Waals surface area contributed by atoms with Crippen LogP contribution in [0.3, 0.4) is 0 Å². The molecule has 1 atom stereocenters. The highest BCUT2D eigenvalue weighted by Crippen LogP contribution is 2.33. The number of halogens is 1. The van der Waals surface area contributed by atoms with Crippen molar-refractivity contribution >= 4 is 17.5 Å². The van der Waals surface area contributed by atoms with Crippen LogP contribution in [0.4, 0.5) is 4.39 Å². The average Bonchev–Trinajstić information content (AvgIpc) is 3.24. The van der Waals surface area contributed by atoms with Gasteiger partial charge in [-0.15, -0.1) is 10.2 Å². The third-order valence-electron chi connectivity index (χ3n) is 4.50. The number of carbonyl (C=O) groups excluding carboxylic acids is 1. The van der Waals surface area contributed by atoms with Gasteiger partial charge in [-0.05, 0) is 42.7 Å². The highest BCUT2D eigenvalue weighted by atomic mass is 32.2. The minimum Gasteiger partial charge on any atom is -0.298 e. The highest BCUT2D eigenvalue weighted by molar-refractivity contribution is 8.00. The van der Waals surface area contributed by atoms with Crippen molar-refractivity contribution in [3.63, 3.8) is 0 Å². The van der Waals surface area contributed by atoms with Crippen molar-refractivity contribution in [2.45, 2.75) is 36.2 Å². The standard InChI is InChI=1S/C20H18FN3OS/c21-16-11-9-15(10-12-16)19-22-23-20(26-18-8-4-7-17(18)25)24(19)13-14-5-2-1-3-6-14/h1-3,5-6,9-12,18H,4,7-8,13H2/t18-/m1/s1. The first-order valence-electron chi connectivity index (χ1n) is 8.63. The van der Waals surface area contributed by atoms with E-state index in [0.29, 0.717) is 18.8 Å². The molecular formula is C20H18FN3OS. The van der Waals surface area contributed by atoms with Crippen LogP contribution in [0.2, 0.25) is 0 Å². The molecule has 1 aliphatic rings. The number of Topliss-reactive ketones (excluding diaryl/α,β-unsaturated/α-hetero) is 1. The Morgan fingerprint density at radius 2 is 1.85 bits per heavy atom. The summed E-state index contributed by atoms with van der Waals surface area (Å²) in [5, 5.41) is 9.36. The summed E-state index contributed by atoms with van der Waals surface area (Å²) in [5.74, 6) is 0.684. The smallest absolute Gasteiger partial charge is 0.192 e. The van der Waals surface area contributed by atoms with E-state index < -0.39 is 0 Å². The summed E-state index contributed by atoms with van der Waals surface area (Å²) < 4.78 is 15.3. The normalized spacial score (nSPS) is 17.0. The lowest BCUT2D eigenvalue weighted by Crippen LogP contribution is -2.11. The Morgan fingerprint density at radius 3 is 2.54 bits per heavy atom. The van der Waals surface area contributed by atoms with Crippen LogP contribution in [0.1, 0.15) is 24.8 Å². The van der Waals surface area contributed by atoms with Crippen molar-refractivity contribution < 1.29 is 9.18 Å². The fraction of sp³-hybridized carbons (Fsp3) is 0.250. The van der Waals surface area contributed by atoms with E-state index >= 15 is 0 Å². The lowest BCUT2D eigenvalue weighted by molar-refractivity contribution is -0.116. The average molecular weight is 367 g/mol. The molecule has 1 heterocycles. The molecule has 1 saturated carbocycles. The van der Waals surface area contributed by atoms with Crippen LogP contribution in [0.5, 0.6) is 0 Å². The van der Waals surface area contributed by atoms with Crippen LogP contribution in [0.25, 0.3) is 11.4 Å². The molecule has 0 spiro atoms. The molecule has 4 rings (SSSR count). The van der Waals surface area contributed by atoms with Crippen LogP contribution in [0, 0.1) is 5.82 Å². The number of carbonyl (C=O) groups is 1. The van der Waals surface area contributed by atoms with E-state index in [2.05, 4.69) is 10.2 Å². The van der Waals surface area contributed by atoms with Crippen molar-refractivity contribution in [1.82, 2.24) is 14.8 Å². The SMILES string of the molecule is O=C1CCC[C@H]1Sc1nnc(-c2ccc(F)cc2)n1Cc1ccccc1. The largest absolute Gasteiger partial charge is 0.298 e. The van der Waals surface area contributed by atoms with Crippen molar-refractivity contribution in [3.05, 3.63) is 66.0 Å². The predicted molar refractivity (Wildman–Crippen MR) is 99.5 cm³/mol.